The Hall–Kier alpha value is -1.14. The molecule has 0 bridgehead atoms. The van der Waals surface area contributed by atoms with E-state index in [9.17, 15) is 4.79 Å². The molecule has 0 radical (unpaired) electrons. The molecule has 2 saturated heterocycles. The fourth-order valence-electron chi connectivity index (χ4n) is 3.11. The number of rotatable bonds is 6. The third-order valence-corrected chi connectivity index (χ3v) is 4.49. The van der Waals surface area contributed by atoms with Crippen LogP contribution >= 0.6 is 12.4 Å². The van der Waals surface area contributed by atoms with Gasteiger partial charge in [0.15, 0.2) is 0 Å². The second-order valence-corrected chi connectivity index (χ2v) is 6.31. The van der Waals surface area contributed by atoms with Crippen molar-refractivity contribution in [2.45, 2.75) is 51.0 Å². The van der Waals surface area contributed by atoms with Gasteiger partial charge in [-0.05, 0) is 43.4 Å². The number of carbonyl (C=O) groups is 1. The molecule has 24 heavy (non-hydrogen) atoms. The van der Waals surface area contributed by atoms with Crippen LogP contribution in [0, 0.1) is 0 Å². The van der Waals surface area contributed by atoms with E-state index in [1.54, 1.807) is 0 Å². The average Bonchev–Trinajstić information content (AvgIpc) is 3.14. The van der Waals surface area contributed by atoms with E-state index in [1.807, 2.05) is 12.1 Å². The quantitative estimate of drug-likeness (QED) is 0.822. The van der Waals surface area contributed by atoms with E-state index in [0.717, 1.165) is 56.6 Å². The topological polar surface area (TPSA) is 59.6 Å². The van der Waals surface area contributed by atoms with Crippen LogP contribution in [0.4, 0.5) is 0 Å². The normalized spacial score (nSPS) is 21.2. The molecule has 0 saturated carbocycles. The van der Waals surface area contributed by atoms with Gasteiger partial charge in [0, 0.05) is 19.8 Å². The zero-order valence-electron chi connectivity index (χ0n) is 14.0. The molecule has 2 aliphatic rings. The molecule has 1 unspecified atom stereocenters. The minimum atomic E-state index is -0.0185. The molecule has 2 heterocycles. The van der Waals surface area contributed by atoms with Crippen LogP contribution in [0.5, 0.6) is 0 Å². The zero-order chi connectivity index (χ0) is 15.9. The van der Waals surface area contributed by atoms with Crippen LogP contribution in [-0.2, 0) is 27.4 Å². The molecule has 2 N–H and O–H groups in total. The Bertz CT molecular complexity index is 515. The fourth-order valence-corrected chi connectivity index (χ4v) is 3.11. The lowest BCUT2D eigenvalue weighted by atomic mass is 10.1. The summed E-state index contributed by atoms with van der Waals surface area (Å²) in [6.07, 6.45) is 4.27. The molecule has 1 aromatic carbocycles. The van der Waals surface area contributed by atoms with Gasteiger partial charge in [-0.2, -0.15) is 0 Å². The van der Waals surface area contributed by atoms with Gasteiger partial charge in [-0.15, -0.1) is 12.4 Å². The lowest BCUT2D eigenvalue weighted by Gasteiger charge is -2.22. The standard InChI is InChI=1S/C18H26N2O3.ClH/c21-18(17-5-2-8-19-17)20-12-14-3-1-4-15(11-14)13-23-16-6-9-22-10-7-16;/h1,3-4,11,16-17,19H,2,5-10,12-13H2,(H,20,21);1H. The third kappa shape index (κ3) is 5.74. The highest BCUT2D eigenvalue weighted by Gasteiger charge is 2.21. The van der Waals surface area contributed by atoms with E-state index in [1.165, 1.54) is 0 Å². The van der Waals surface area contributed by atoms with Crippen molar-refractivity contribution in [3.05, 3.63) is 35.4 Å². The summed E-state index contributed by atoms with van der Waals surface area (Å²) in [5.41, 5.74) is 2.27. The Kier molecular flexibility index (Phi) is 7.99. The average molecular weight is 355 g/mol. The zero-order valence-corrected chi connectivity index (χ0v) is 14.8. The summed E-state index contributed by atoms with van der Waals surface area (Å²) in [7, 11) is 0. The van der Waals surface area contributed by atoms with E-state index in [4.69, 9.17) is 9.47 Å². The summed E-state index contributed by atoms with van der Waals surface area (Å²) in [5.74, 6) is 0.103. The van der Waals surface area contributed by atoms with Gasteiger partial charge in [0.1, 0.15) is 0 Å². The van der Waals surface area contributed by atoms with Gasteiger partial charge in [0.25, 0.3) is 0 Å². The summed E-state index contributed by atoms with van der Waals surface area (Å²) >= 11 is 0. The van der Waals surface area contributed by atoms with Crippen molar-refractivity contribution in [2.24, 2.45) is 0 Å². The van der Waals surface area contributed by atoms with Gasteiger partial charge in [-0.25, -0.2) is 0 Å². The van der Waals surface area contributed by atoms with Gasteiger partial charge < -0.3 is 20.1 Å². The number of ether oxygens (including phenoxy) is 2. The van der Waals surface area contributed by atoms with Gasteiger partial charge in [-0.1, -0.05) is 24.3 Å². The molecule has 0 aromatic heterocycles. The first-order valence-corrected chi connectivity index (χ1v) is 8.59. The number of nitrogens with one attached hydrogen (secondary N) is 2. The minimum absolute atomic E-state index is 0. The van der Waals surface area contributed by atoms with E-state index < -0.39 is 0 Å². The van der Waals surface area contributed by atoms with Crippen LogP contribution in [0.3, 0.4) is 0 Å². The second-order valence-electron chi connectivity index (χ2n) is 6.31. The molecule has 5 nitrogen and oxygen atoms in total. The van der Waals surface area contributed by atoms with E-state index in [2.05, 4.69) is 22.8 Å². The Labute approximate surface area is 149 Å². The Morgan fingerprint density at radius 3 is 2.79 bits per heavy atom. The highest BCUT2D eigenvalue weighted by molar-refractivity contribution is 5.85. The summed E-state index contributed by atoms with van der Waals surface area (Å²) < 4.78 is 11.3. The van der Waals surface area contributed by atoms with Crippen molar-refractivity contribution < 1.29 is 14.3 Å². The van der Waals surface area contributed by atoms with Gasteiger partial charge in [-0.3, -0.25) is 4.79 Å². The van der Waals surface area contributed by atoms with Crippen molar-refractivity contribution >= 4 is 18.3 Å². The van der Waals surface area contributed by atoms with Crippen molar-refractivity contribution in [3.63, 3.8) is 0 Å². The molecule has 0 aliphatic carbocycles. The highest BCUT2D eigenvalue weighted by Crippen LogP contribution is 2.14. The number of benzene rings is 1. The van der Waals surface area contributed by atoms with Crippen molar-refractivity contribution in [3.8, 4) is 0 Å². The predicted octanol–water partition coefficient (Wildman–Crippen LogP) is 2.17. The number of halogens is 1. The molecular weight excluding hydrogens is 328 g/mol. The maximum atomic E-state index is 12.0. The SMILES string of the molecule is Cl.O=C(NCc1cccc(COC2CCOCC2)c1)C1CCCN1. The second kappa shape index (κ2) is 9.99. The van der Waals surface area contributed by atoms with Crippen molar-refractivity contribution in [1.82, 2.24) is 10.6 Å². The van der Waals surface area contributed by atoms with Crippen molar-refractivity contribution in [1.29, 1.82) is 0 Å². The highest BCUT2D eigenvalue weighted by atomic mass is 35.5. The van der Waals surface area contributed by atoms with Crippen LogP contribution in [0.25, 0.3) is 0 Å². The van der Waals surface area contributed by atoms with Crippen LogP contribution in [0.2, 0.25) is 0 Å². The molecule has 134 valence electrons. The summed E-state index contributed by atoms with van der Waals surface area (Å²) in [5, 5.41) is 6.23. The van der Waals surface area contributed by atoms with Crippen LogP contribution in [0.15, 0.2) is 24.3 Å². The monoisotopic (exact) mass is 354 g/mol. The van der Waals surface area contributed by atoms with Gasteiger partial charge in [0.2, 0.25) is 5.91 Å². The summed E-state index contributed by atoms with van der Waals surface area (Å²) in [4.78, 5) is 12.0. The largest absolute Gasteiger partial charge is 0.381 e. The first-order chi connectivity index (χ1) is 11.3. The third-order valence-electron chi connectivity index (χ3n) is 4.49. The molecule has 1 atom stereocenters. The first kappa shape index (κ1) is 19.2. The molecule has 2 aliphatic heterocycles. The first-order valence-electron chi connectivity index (χ1n) is 8.59. The van der Waals surface area contributed by atoms with E-state index in [-0.39, 0.29) is 24.4 Å². The molecule has 2 fully saturated rings. The molecular formula is C18H27ClN2O3. The number of hydrogen-bond donors (Lipinski definition) is 2. The van der Waals surface area contributed by atoms with Crippen molar-refractivity contribution in [2.75, 3.05) is 19.8 Å². The minimum Gasteiger partial charge on any atom is -0.381 e. The lowest BCUT2D eigenvalue weighted by Crippen LogP contribution is -2.40. The van der Waals surface area contributed by atoms with Gasteiger partial charge >= 0.3 is 0 Å². The maximum Gasteiger partial charge on any atom is 0.237 e. The molecule has 3 rings (SSSR count). The lowest BCUT2D eigenvalue weighted by molar-refractivity contribution is -0.122. The number of amides is 1. The smallest absolute Gasteiger partial charge is 0.237 e. The molecule has 6 heteroatoms. The Balaban J connectivity index is 0.00000208. The van der Waals surface area contributed by atoms with Crippen LogP contribution < -0.4 is 10.6 Å². The maximum absolute atomic E-state index is 12.0. The van der Waals surface area contributed by atoms with Crippen LogP contribution in [0.1, 0.15) is 36.8 Å². The fraction of sp³-hybridized carbons (Fsp3) is 0.611. The predicted molar refractivity (Wildman–Crippen MR) is 95.2 cm³/mol. The van der Waals surface area contributed by atoms with Crippen LogP contribution in [-0.4, -0.2) is 37.8 Å². The summed E-state index contributed by atoms with van der Waals surface area (Å²) in [6, 6.07) is 8.23. The molecule has 1 amide bonds. The summed E-state index contributed by atoms with van der Waals surface area (Å²) in [6.45, 7) is 3.73. The molecule has 0 spiro atoms. The van der Waals surface area contributed by atoms with Gasteiger partial charge in [0.05, 0.1) is 18.8 Å². The van der Waals surface area contributed by atoms with E-state index in [0.29, 0.717) is 19.3 Å². The number of carbonyl (C=O) groups excluding carboxylic acids is 1. The Morgan fingerprint density at radius 2 is 2.04 bits per heavy atom. The molecule has 1 aromatic rings. The Morgan fingerprint density at radius 1 is 1.25 bits per heavy atom. The number of hydrogen-bond acceptors (Lipinski definition) is 4. The van der Waals surface area contributed by atoms with E-state index >= 15 is 0 Å².